The van der Waals surface area contributed by atoms with E-state index in [2.05, 4.69) is 8.61 Å². The van der Waals surface area contributed by atoms with Gasteiger partial charge in [0.2, 0.25) is 0 Å². The van der Waals surface area contributed by atoms with Crippen LogP contribution in [0.3, 0.4) is 0 Å². The highest BCUT2D eigenvalue weighted by molar-refractivity contribution is 7.94. The smallest absolute Gasteiger partial charge is 0.416 e. The average molecular weight is 426 g/mol. The van der Waals surface area contributed by atoms with Crippen molar-refractivity contribution in [3.05, 3.63) is 64.7 Å². The molecule has 1 aliphatic heterocycles. The minimum atomic E-state index is -4.33. The number of esters is 1. The lowest BCUT2D eigenvalue weighted by atomic mass is 10.1. The van der Waals surface area contributed by atoms with Crippen molar-refractivity contribution in [2.45, 2.75) is 19.3 Å². The number of halogens is 3. The Morgan fingerprint density at radius 2 is 1.69 bits per heavy atom. The molecule has 1 heterocycles. The lowest BCUT2D eigenvalue weighted by Gasteiger charge is -2.18. The van der Waals surface area contributed by atoms with Gasteiger partial charge in [-0.2, -0.15) is 13.2 Å². The minimum Gasteiger partial charge on any atom is -0.497 e. The second kappa shape index (κ2) is 9.06. The van der Waals surface area contributed by atoms with Crippen LogP contribution >= 0.6 is 12.1 Å². The molecule has 0 aliphatic carbocycles. The number of alkyl halides is 3. The third-order valence-electron chi connectivity index (χ3n) is 4.54. The van der Waals surface area contributed by atoms with Gasteiger partial charge in [-0.1, -0.05) is 18.2 Å². The summed E-state index contributed by atoms with van der Waals surface area (Å²) in [5.74, 6) is 0.150. The molecule has 0 bridgehead atoms. The molecule has 0 saturated carbocycles. The summed E-state index contributed by atoms with van der Waals surface area (Å²) in [4.78, 5) is 12.1. The second-order valence-corrected chi connectivity index (χ2v) is 7.71. The van der Waals surface area contributed by atoms with Gasteiger partial charge in [0, 0.05) is 38.3 Å². The zero-order valence-corrected chi connectivity index (χ0v) is 16.8. The number of benzene rings is 2. The molecule has 3 rings (SSSR count). The molecule has 0 atom stereocenters. The van der Waals surface area contributed by atoms with Crippen molar-refractivity contribution in [2.75, 3.05) is 27.3 Å². The van der Waals surface area contributed by atoms with E-state index in [1.165, 1.54) is 38.5 Å². The molecule has 0 aromatic heterocycles. The van der Waals surface area contributed by atoms with Gasteiger partial charge in [-0.25, -0.2) is 13.4 Å². The van der Waals surface area contributed by atoms with Crippen LogP contribution in [-0.2, 0) is 24.0 Å². The predicted molar refractivity (Wildman–Crippen MR) is 104 cm³/mol. The van der Waals surface area contributed by atoms with Gasteiger partial charge < -0.3 is 9.47 Å². The molecule has 1 aliphatic rings. The Morgan fingerprint density at radius 3 is 2.28 bits per heavy atom. The number of nitrogens with zero attached hydrogens (tertiary/aromatic N) is 2. The van der Waals surface area contributed by atoms with Crippen molar-refractivity contribution in [3.8, 4) is 5.75 Å². The molecule has 2 aromatic carbocycles. The first kappa shape index (κ1) is 21.5. The van der Waals surface area contributed by atoms with Gasteiger partial charge >= 0.3 is 12.1 Å². The van der Waals surface area contributed by atoms with E-state index in [1.807, 2.05) is 6.07 Å². The Balaban J connectivity index is 1.62. The van der Waals surface area contributed by atoms with E-state index < -0.39 is 17.7 Å². The molecule has 0 spiro atoms. The first-order valence-corrected chi connectivity index (χ1v) is 9.62. The molecular formula is C20H21F3N2O3S. The topological polar surface area (TPSA) is 42.0 Å². The SMILES string of the molecule is COC(=O)c1cc(OC)ccc1CN1CCN(Cc2ccc(C(F)(F)F)cc2)S1. The number of carbonyl (C=O) groups excluding carboxylic acids is 1. The Kier molecular flexibility index (Phi) is 6.71. The molecule has 1 saturated heterocycles. The van der Waals surface area contributed by atoms with E-state index >= 15 is 0 Å². The Labute approximate surface area is 171 Å². The van der Waals surface area contributed by atoms with Crippen LogP contribution < -0.4 is 4.74 Å². The normalized spacial score (nSPS) is 15.5. The molecule has 9 heteroatoms. The van der Waals surface area contributed by atoms with Gasteiger partial charge in [0.1, 0.15) is 5.75 Å². The van der Waals surface area contributed by atoms with Crippen LogP contribution in [0.5, 0.6) is 5.75 Å². The van der Waals surface area contributed by atoms with Crippen LogP contribution in [0.2, 0.25) is 0 Å². The maximum Gasteiger partial charge on any atom is 0.416 e. The monoisotopic (exact) mass is 426 g/mol. The van der Waals surface area contributed by atoms with Crippen LogP contribution in [0.4, 0.5) is 13.2 Å². The number of ether oxygens (including phenoxy) is 2. The highest BCUT2D eigenvalue weighted by atomic mass is 32.2. The molecule has 0 unspecified atom stereocenters. The van der Waals surface area contributed by atoms with Gasteiger partial charge in [-0.3, -0.25) is 0 Å². The van der Waals surface area contributed by atoms with Crippen LogP contribution in [0.1, 0.15) is 27.0 Å². The summed E-state index contributed by atoms with van der Waals surface area (Å²) in [6, 6.07) is 10.5. The first-order chi connectivity index (χ1) is 13.8. The summed E-state index contributed by atoms with van der Waals surface area (Å²) in [5.41, 5.74) is 1.44. The van der Waals surface area contributed by atoms with E-state index in [0.29, 0.717) is 24.4 Å². The fourth-order valence-electron chi connectivity index (χ4n) is 3.00. The maximum atomic E-state index is 12.7. The average Bonchev–Trinajstić information content (AvgIpc) is 3.14. The van der Waals surface area contributed by atoms with E-state index in [9.17, 15) is 18.0 Å². The molecule has 29 heavy (non-hydrogen) atoms. The van der Waals surface area contributed by atoms with Crippen molar-refractivity contribution in [2.24, 2.45) is 0 Å². The van der Waals surface area contributed by atoms with Crippen LogP contribution in [0, 0.1) is 0 Å². The quantitative estimate of drug-likeness (QED) is 0.505. The third kappa shape index (κ3) is 5.43. The van der Waals surface area contributed by atoms with E-state index in [0.717, 1.165) is 36.3 Å². The van der Waals surface area contributed by atoms with Crippen molar-refractivity contribution in [1.82, 2.24) is 8.61 Å². The zero-order chi connectivity index (χ0) is 21.0. The Hall–Kier alpha value is -2.23. The van der Waals surface area contributed by atoms with Crippen molar-refractivity contribution >= 4 is 18.1 Å². The summed E-state index contributed by atoms with van der Waals surface area (Å²) in [7, 11) is 2.87. The summed E-state index contributed by atoms with van der Waals surface area (Å²) >= 11 is 1.51. The van der Waals surface area contributed by atoms with Crippen molar-refractivity contribution in [1.29, 1.82) is 0 Å². The molecule has 2 aromatic rings. The van der Waals surface area contributed by atoms with E-state index in [-0.39, 0.29) is 0 Å². The van der Waals surface area contributed by atoms with Crippen LogP contribution in [-0.4, -0.2) is 41.9 Å². The first-order valence-electron chi connectivity index (χ1n) is 8.89. The second-order valence-electron chi connectivity index (χ2n) is 6.52. The lowest BCUT2D eigenvalue weighted by molar-refractivity contribution is -0.137. The maximum absolute atomic E-state index is 12.7. The van der Waals surface area contributed by atoms with Crippen molar-refractivity contribution < 1.29 is 27.4 Å². The van der Waals surface area contributed by atoms with Gasteiger partial charge in [-0.15, -0.1) is 0 Å². The third-order valence-corrected chi connectivity index (χ3v) is 5.62. The molecule has 0 radical (unpaired) electrons. The Morgan fingerprint density at radius 1 is 1.03 bits per heavy atom. The standard InChI is InChI=1S/C20H21F3N2O3S/c1-27-17-8-5-15(18(11-17)19(26)28-2)13-25-10-9-24(29-25)12-14-3-6-16(7-4-14)20(21,22)23/h3-8,11H,9-10,12-13H2,1-2H3. The fraction of sp³-hybridized carbons (Fsp3) is 0.350. The van der Waals surface area contributed by atoms with Crippen LogP contribution in [0.15, 0.2) is 42.5 Å². The van der Waals surface area contributed by atoms with Gasteiger partial charge in [0.05, 0.1) is 25.3 Å². The number of hydrogen-bond donors (Lipinski definition) is 0. The van der Waals surface area contributed by atoms with Gasteiger partial charge in [0.25, 0.3) is 0 Å². The molecule has 5 nitrogen and oxygen atoms in total. The number of carbonyl (C=O) groups is 1. The number of rotatable bonds is 6. The predicted octanol–water partition coefficient (Wildman–Crippen LogP) is 4.38. The van der Waals surface area contributed by atoms with E-state index in [1.54, 1.807) is 12.1 Å². The van der Waals surface area contributed by atoms with Gasteiger partial charge in [-0.05, 0) is 35.4 Å². The summed E-state index contributed by atoms with van der Waals surface area (Å²) in [6.07, 6.45) is -4.33. The Bertz CT molecular complexity index is 859. The summed E-state index contributed by atoms with van der Waals surface area (Å²) < 4.78 is 52.3. The fourth-order valence-corrected chi connectivity index (χ4v) is 4.05. The molecule has 0 amide bonds. The zero-order valence-electron chi connectivity index (χ0n) is 16.0. The molecule has 156 valence electrons. The minimum absolute atomic E-state index is 0.426. The largest absolute Gasteiger partial charge is 0.497 e. The number of hydrogen-bond acceptors (Lipinski definition) is 6. The highest BCUT2D eigenvalue weighted by Gasteiger charge is 2.30. The molecular weight excluding hydrogens is 405 g/mol. The molecule has 0 N–H and O–H groups in total. The lowest BCUT2D eigenvalue weighted by Crippen LogP contribution is -2.15. The highest BCUT2D eigenvalue weighted by Crippen LogP contribution is 2.31. The van der Waals surface area contributed by atoms with Gasteiger partial charge in [0.15, 0.2) is 0 Å². The number of methoxy groups -OCH3 is 2. The molecule has 1 fully saturated rings. The van der Waals surface area contributed by atoms with Crippen molar-refractivity contribution in [3.63, 3.8) is 0 Å². The van der Waals surface area contributed by atoms with Crippen LogP contribution in [0.25, 0.3) is 0 Å². The van der Waals surface area contributed by atoms with E-state index in [4.69, 9.17) is 9.47 Å². The summed E-state index contributed by atoms with van der Waals surface area (Å²) in [5, 5.41) is 0. The summed E-state index contributed by atoms with van der Waals surface area (Å²) in [6.45, 7) is 2.59.